The molecule has 0 fully saturated rings. The minimum atomic E-state index is 0.806. The van der Waals surface area contributed by atoms with Crippen molar-refractivity contribution >= 4 is 17.3 Å². The summed E-state index contributed by atoms with van der Waals surface area (Å²) in [5.74, 6) is 0. The van der Waals surface area contributed by atoms with Gasteiger partial charge in [0.25, 0.3) is 0 Å². The van der Waals surface area contributed by atoms with Gasteiger partial charge in [0.2, 0.25) is 0 Å². The lowest BCUT2D eigenvalue weighted by Crippen LogP contribution is -2.38. The van der Waals surface area contributed by atoms with Gasteiger partial charge in [0.15, 0.2) is 5.11 Å². The van der Waals surface area contributed by atoms with Gasteiger partial charge in [-0.2, -0.15) is 0 Å². The number of thiocarbonyl (C=S) groups is 1. The summed E-state index contributed by atoms with van der Waals surface area (Å²) in [6.07, 6.45) is 0. The van der Waals surface area contributed by atoms with Gasteiger partial charge in [-0.05, 0) is 30.3 Å². The molecule has 0 radical (unpaired) electrons. The summed E-state index contributed by atoms with van der Waals surface area (Å²) < 4.78 is 0. The fourth-order valence-corrected chi connectivity index (χ4v) is 2.34. The summed E-state index contributed by atoms with van der Waals surface area (Å²) in [6, 6.07) is 20.8. The molecule has 2 rings (SSSR count). The molecule has 0 amide bonds. The standard InChI is InChI=1S/C17H20N2S/c1-2-18-17(20)19(13-15-9-5-3-6-10-15)14-16-11-7-4-8-12-16/h3-12H,2,13-14H2,1H3,(H,18,20). The van der Waals surface area contributed by atoms with Crippen LogP contribution in [0.1, 0.15) is 18.1 Å². The molecule has 0 saturated heterocycles. The minimum Gasteiger partial charge on any atom is -0.363 e. The molecular formula is C17H20N2S. The highest BCUT2D eigenvalue weighted by Crippen LogP contribution is 2.10. The van der Waals surface area contributed by atoms with E-state index in [2.05, 4.69) is 65.7 Å². The zero-order valence-corrected chi connectivity index (χ0v) is 12.6. The maximum atomic E-state index is 5.49. The maximum Gasteiger partial charge on any atom is 0.169 e. The highest BCUT2D eigenvalue weighted by atomic mass is 32.1. The molecule has 2 nitrogen and oxygen atoms in total. The van der Waals surface area contributed by atoms with E-state index >= 15 is 0 Å². The Morgan fingerprint density at radius 1 is 0.900 bits per heavy atom. The van der Waals surface area contributed by atoms with Crippen molar-refractivity contribution in [1.82, 2.24) is 10.2 Å². The Hall–Kier alpha value is -1.87. The summed E-state index contributed by atoms with van der Waals surface area (Å²) >= 11 is 5.49. The Morgan fingerprint density at radius 3 is 1.75 bits per heavy atom. The third-order valence-electron chi connectivity index (χ3n) is 3.05. The molecule has 3 heteroatoms. The van der Waals surface area contributed by atoms with E-state index in [1.54, 1.807) is 0 Å². The molecule has 0 aliphatic rings. The smallest absolute Gasteiger partial charge is 0.169 e. The third-order valence-corrected chi connectivity index (χ3v) is 3.45. The summed E-state index contributed by atoms with van der Waals surface area (Å²) in [5, 5.41) is 4.05. The number of nitrogens with zero attached hydrogens (tertiary/aromatic N) is 1. The second-order valence-corrected chi connectivity index (χ2v) is 5.05. The quantitative estimate of drug-likeness (QED) is 0.845. The van der Waals surface area contributed by atoms with Crippen LogP contribution in [0.5, 0.6) is 0 Å². The summed E-state index contributed by atoms with van der Waals surface area (Å²) in [4.78, 5) is 2.20. The molecule has 0 heterocycles. The first kappa shape index (κ1) is 14.5. The molecular weight excluding hydrogens is 264 g/mol. The predicted octanol–water partition coefficient (Wildman–Crippen LogP) is 3.58. The van der Waals surface area contributed by atoms with E-state index in [4.69, 9.17) is 12.2 Å². The molecule has 0 atom stereocenters. The first-order valence-electron chi connectivity index (χ1n) is 6.90. The van der Waals surface area contributed by atoms with E-state index in [1.165, 1.54) is 11.1 Å². The topological polar surface area (TPSA) is 15.3 Å². The van der Waals surface area contributed by atoms with Crippen molar-refractivity contribution in [3.8, 4) is 0 Å². The molecule has 2 aromatic rings. The van der Waals surface area contributed by atoms with Crippen LogP contribution in [0.15, 0.2) is 60.7 Å². The van der Waals surface area contributed by atoms with Crippen molar-refractivity contribution in [2.75, 3.05) is 6.54 Å². The van der Waals surface area contributed by atoms with E-state index < -0.39 is 0 Å². The van der Waals surface area contributed by atoms with Crippen molar-refractivity contribution in [1.29, 1.82) is 0 Å². The van der Waals surface area contributed by atoms with Crippen molar-refractivity contribution in [3.05, 3.63) is 71.8 Å². The predicted molar refractivity (Wildman–Crippen MR) is 88.4 cm³/mol. The molecule has 0 aliphatic carbocycles. The van der Waals surface area contributed by atoms with Crippen LogP contribution in [-0.2, 0) is 13.1 Å². The van der Waals surface area contributed by atoms with E-state index in [0.717, 1.165) is 24.7 Å². The Morgan fingerprint density at radius 2 is 1.35 bits per heavy atom. The number of nitrogens with one attached hydrogen (secondary N) is 1. The highest BCUT2D eigenvalue weighted by molar-refractivity contribution is 7.80. The lowest BCUT2D eigenvalue weighted by molar-refractivity contribution is 0.400. The lowest BCUT2D eigenvalue weighted by Gasteiger charge is -2.26. The number of hydrogen-bond acceptors (Lipinski definition) is 1. The Balaban J connectivity index is 2.10. The Bertz CT molecular complexity index is 484. The van der Waals surface area contributed by atoms with Gasteiger partial charge in [-0.15, -0.1) is 0 Å². The Kier molecular flexibility index (Phi) is 5.56. The molecule has 0 aliphatic heterocycles. The van der Waals surface area contributed by atoms with Gasteiger partial charge in [-0.3, -0.25) is 0 Å². The van der Waals surface area contributed by atoms with E-state index in [1.807, 2.05) is 12.1 Å². The maximum absolute atomic E-state index is 5.49. The minimum absolute atomic E-state index is 0.806. The third kappa shape index (κ3) is 4.35. The van der Waals surface area contributed by atoms with Crippen molar-refractivity contribution in [2.45, 2.75) is 20.0 Å². The molecule has 0 spiro atoms. The molecule has 104 valence electrons. The number of hydrogen-bond donors (Lipinski definition) is 1. The average Bonchev–Trinajstić information content (AvgIpc) is 2.49. The van der Waals surface area contributed by atoms with Crippen LogP contribution in [0, 0.1) is 0 Å². The Labute approximate surface area is 126 Å². The molecule has 0 aromatic heterocycles. The second kappa shape index (κ2) is 7.65. The van der Waals surface area contributed by atoms with E-state index in [0.29, 0.717) is 0 Å². The second-order valence-electron chi connectivity index (χ2n) is 4.66. The van der Waals surface area contributed by atoms with Crippen LogP contribution in [-0.4, -0.2) is 16.6 Å². The van der Waals surface area contributed by atoms with Gasteiger partial charge in [0, 0.05) is 19.6 Å². The van der Waals surface area contributed by atoms with E-state index in [-0.39, 0.29) is 0 Å². The zero-order chi connectivity index (χ0) is 14.2. The van der Waals surface area contributed by atoms with Gasteiger partial charge in [-0.25, -0.2) is 0 Å². The van der Waals surface area contributed by atoms with Crippen molar-refractivity contribution < 1.29 is 0 Å². The number of rotatable bonds is 5. The SMILES string of the molecule is CCNC(=S)N(Cc1ccccc1)Cc1ccccc1. The van der Waals surface area contributed by atoms with Crippen molar-refractivity contribution in [2.24, 2.45) is 0 Å². The fraction of sp³-hybridized carbons (Fsp3) is 0.235. The molecule has 0 bridgehead atoms. The number of benzene rings is 2. The largest absolute Gasteiger partial charge is 0.363 e. The van der Waals surface area contributed by atoms with Crippen LogP contribution < -0.4 is 5.32 Å². The van der Waals surface area contributed by atoms with Gasteiger partial charge in [0.1, 0.15) is 0 Å². The van der Waals surface area contributed by atoms with Crippen LogP contribution in [0.25, 0.3) is 0 Å². The highest BCUT2D eigenvalue weighted by Gasteiger charge is 2.10. The van der Waals surface area contributed by atoms with Crippen molar-refractivity contribution in [3.63, 3.8) is 0 Å². The van der Waals surface area contributed by atoms with Gasteiger partial charge >= 0.3 is 0 Å². The summed E-state index contributed by atoms with van der Waals surface area (Å²) in [6.45, 7) is 4.55. The van der Waals surface area contributed by atoms with Crippen LogP contribution >= 0.6 is 12.2 Å². The van der Waals surface area contributed by atoms with E-state index in [9.17, 15) is 0 Å². The van der Waals surface area contributed by atoms with Crippen LogP contribution in [0.3, 0.4) is 0 Å². The normalized spacial score (nSPS) is 10.1. The zero-order valence-electron chi connectivity index (χ0n) is 11.8. The summed E-state index contributed by atoms with van der Waals surface area (Å²) in [5.41, 5.74) is 2.53. The van der Waals surface area contributed by atoms with Gasteiger partial charge in [-0.1, -0.05) is 60.7 Å². The first-order chi connectivity index (χ1) is 9.79. The van der Waals surface area contributed by atoms with Gasteiger partial charge < -0.3 is 10.2 Å². The first-order valence-corrected chi connectivity index (χ1v) is 7.31. The molecule has 0 unspecified atom stereocenters. The lowest BCUT2D eigenvalue weighted by atomic mass is 10.2. The van der Waals surface area contributed by atoms with Crippen LogP contribution in [0.2, 0.25) is 0 Å². The molecule has 1 N–H and O–H groups in total. The molecule has 0 saturated carbocycles. The van der Waals surface area contributed by atoms with Crippen LogP contribution in [0.4, 0.5) is 0 Å². The van der Waals surface area contributed by atoms with Gasteiger partial charge in [0.05, 0.1) is 0 Å². The average molecular weight is 284 g/mol. The monoisotopic (exact) mass is 284 g/mol. The fourth-order valence-electron chi connectivity index (χ4n) is 2.07. The molecule has 2 aromatic carbocycles. The molecule has 20 heavy (non-hydrogen) atoms. The summed E-state index contributed by atoms with van der Waals surface area (Å²) in [7, 11) is 0.